The molecule has 2 unspecified atom stereocenters. The van der Waals surface area contributed by atoms with Crippen molar-refractivity contribution in [3.63, 3.8) is 0 Å². The van der Waals surface area contributed by atoms with Crippen LogP contribution in [0.5, 0.6) is 0 Å². The minimum atomic E-state index is -2.54. The van der Waals surface area contributed by atoms with Gasteiger partial charge < -0.3 is 9.84 Å². The van der Waals surface area contributed by atoms with Crippen molar-refractivity contribution in [1.82, 2.24) is 0 Å². The summed E-state index contributed by atoms with van der Waals surface area (Å²) in [5.41, 5.74) is -2.06. The summed E-state index contributed by atoms with van der Waals surface area (Å²) in [5, 5.41) is 10.8. The molecule has 4 heteroatoms. The average Bonchev–Trinajstić information content (AvgIpc) is 2.47. The van der Waals surface area contributed by atoms with Gasteiger partial charge in [-0.15, -0.1) is 0 Å². The van der Waals surface area contributed by atoms with Crippen LogP contribution in [0, 0.1) is 5.92 Å². The normalized spacial score (nSPS) is 41.2. The lowest BCUT2D eigenvalue weighted by atomic mass is 9.76. The number of aliphatic hydroxyl groups is 1. The lowest BCUT2D eigenvalue weighted by molar-refractivity contribution is -0.133. The maximum Gasteiger partial charge on any atom is 0.248 e. The van der Waals surface area contributed by atoms with E-state index in [0.717, 1.165) is 0 Å². The van der Waals surface area contributed by atoms with E-state index in [0.29, 0.717) is 19.3 Å². The summed E-state index contributed by atoms with van der Waals surface area (Å²) in [6.07, 6.45) is 1.30. The number of hydrogen-bond donors (Lipinski definition) is 1. The molecule has 1 heterocycles. The Labute approximate surface area is 108 Å². The van der Waals surface area contributed by atoms with E-state index in [9.17, 15) is 13.9 Å². The highest BCUT2D eigenvalue weighted by Gasteiger charge is 2.57. The van der Waals surface area contributed by atoms with Crippen LogP contribution in [0.15, 0.2) is 0 Å². The Balaban J connectivity index is 2.09. The molecule has 1 saturated carbocycles. The van der Waals surface area contributed by atoms with Crippen LogP contribution in [-0.2, 0) is 4.74 Å². The molecular formula is C14H24F2O2. The molecule has 2 aliphatic rings. The van der Waals surface area contributed by atoms with Crippen molar-refractivity contribution >= 4 is 0 Å². The van der Waals surface area contributed by atoms with Crippen LogP contribution in [0.3, 0.4) is 0 Å². The summed E-state index contributed by atoms with van der Waals surface area (Å²) in [7, 11) is 0. The van der Waals surface area contributed by atoms with E-state index < -0.39 is 17.1 Å². The standard InChI is InChI=1S/C14H24F2O2/c1-11(2)9-13(17,12(3,4)18-11)7-10-5-6-14(15,16)8-10/h10,17H,5-9H2,1-4H3. The number of hydrogen-bond acceptors (Lipinski definition) is 2. The summed E-state index contributed by atoms with van der Waals surface area (Å²) in [4.78, 5) is 0. The van der Waals surface area contributed by atoms with Gasteiger partial charge in [0.15, 0.2) is 0 Å². The Morgan fingerprint density at radius 2 is 1.83 bits per heavy atom. The van der Waals surface area contributed by atoms with Gasteiger partial charge >= 0.3 is 0 Å². The van der Waals surface area contributed by atoms with Crippen LogP contribution in [0.25, 0.3) is 0 Å². The summed E-state index contributed by atoms with van der Waals surface area (Å²) < 4.78 is 32.3. The molecule has 2 fully saturated rings. The van der Waals surface area contributed by atoms with E-state index in [1.165, 1.54) is 0 Å². The first-order valence-electron chi connectivity index (χ1n) is 6.75. The molecule has 1 aliphatic heterocycles. The summed E-state index contributed by atoms with van der Waals surface area (Å²) in [5.74, 6) is -2.64. The van der Waals surface area contributed by atoms with E-state index in [-0.39, 0.29) is 24.4 Å². The lowest BCUT2D eigenvalue weighted by Crippen LogP contribution is -2.47. The quantitative estimate of drug-likeness (QED) is 0.825. The number of ether oxygens (including phenoxy) is 1. The molecule has 0 bridgehead atoms. The molecule has 1 aliphatic carbocycles. The highest BCUT2D eigenvalue weighted by atomic mass is 19.3. The van der Waals surface area contributed by atoms with Gasteiger partial charge in [-0.05, 0) is 46.5 Å². The smallest absolute Gasteiger partial charge is 0.248 e. The molecule has 2 rings (SSSR count). The van der Waals surface area contributed by atoms with E-state index in [4.69, 9.17) is 4.74 Å². The average molecular weight is 262 g/mol. The molecule has 0 aromatic rings. The van der Waals surface area contributed by atoms with Crippen LogP contribution < -0.4 is 0 Å². The molecule has 18 heavy (non-hydrogen) atoms. The Bertz CT molecular complexity index is 339. The largest absolute Gasteiger partial charge is 0.387 e. The second-order valence-electron chi connectivity index (χ2n) is 7.25. The number of halogens is 2. The second-order valence-corrected chi connectivity index (χ2v) is 7.25. The Kier molecular flexibility index (Phi) is 3.07. The maximum atomic E-state index is 13.2. The van der Waals surface area contributed by atoms with E-state index in [1.807, 2.05) is 27.7 Å². The monoisotopic (exact) mass is 262 g/mol. The van der Waals surface area contributed by atoms with Crippen molar-refractivity contribution in [2.75, 3.05) is 0 Å². The SMILES string of the molecule is CC1(C)CC(O)(CC2CCC(F)(F)C2)C(C)(C)O1. The van der Waals surface area contributed by atoms with Gasteiger partial charge in [0.2, 0.25) is 5.92 Å². The van der Waals surface area contributed by atoms with Gasteiger partial charge in [-0.2, -0.15) is 0 Å². The predicted octanol–water partition coefficient (Wildman–Crippen LogP) is 3.52. The van der Waals surface area contributed by atoms with Crippen LogP contribution in [-0.4, -0.2) is 27.8 Å². The molecule has 106 valence electrons. The topological polar surface area (TPSA) is 29.5 Å². The highest BCUT2D eigenvalue weighted by molar-refractivity contribution is 5.07. The minimum Gasteiger partial charge on any atom is -0.387 e. The highest BCUT2D eigenvalue weighted by Crippen LogP contribution is 2.51. The molecule has 0 amide bonds. The first kappa shape index (κ1) is 14.2. The van der Waals surface area contributed by atoms with Crippen molar-refractivity contribution in [2.24, 2.45) is 5.92 Å². The van der Waals surface area contributed by atoms with Crippen LogP contribution in [0.4, 0.5) is 8.78 Å². The first-order valence-corrected chi connectivity index (χ1v) is 6.75. The molecule has 0 aromatic heterocycles. The Hall–Kier alpha value is -0.220. The van der Waals surface area contributed by atoms with Crippen molar-refractivity contribution < 1.29 is 18.6 Å². The van der Waals surface area contributed by atoms with Gasteiger partial charge in [0.25, 0.3) is 0 Å². The minimum absolute atomic E-state index is 0.0432. The van der Waals surface area contributed by atoms with Gasteiger partial charge in [0.05, 0.1) is 16.8 Å². The van der Waals surface area contributed by atoms with Crippen molar-refractivity contribution in [1.29, 1.82) is 0 Å². The third-order valence-electron chi connectivity index (χ3n) is 4.50. The van der Waals surface area contributed by atoms with E-state index in [1.54, 1.807) is 0 Å². The third-order valence-corrected chi connectivity index (χ3v) is 4.50. The molecule has 0 radical (unpaired) electrons. The van der Waals surface area contributed by atoms with Crippen LogP contribution in [0.1, 0.15) is 59.8 Å². The van der Waals surface area contributed by atoms with Gasteiger partial charge in [-0.1, -0.05) is 0 Å². The lowest BCUT2D eigenvalue weighted by Gasteiger charge is -2.37. The zero-order valence-electron chi connectivity index (χ0n) is 11.7. The number of alkyl halides is 2. The van der Waals surface area contributed by atoms with Gasteiger partial charge in [-0.3, -0.25) is 0 Å². The van der Waals surface area contributed by atoms with Gasteiger partial charge in [0.1, 0.15) is 0 Å². The number of rotatable bonds is 2. The fourth-order valence-electron chi connectivity index (χ4n) is 3.75. The zero-order chi connectivity index (χ0) is 13.8. The Morgan fingerprint density at radius 3 is 2.22 bits per heavy atom. The van der Waals surface area contributed by atoms with Crippen LogP contribution in [0.2, 0.25) is 0 Å². The third kappa shape index (κ3) is 2.55. The fourth-order valence-corrected chi connectivity index (χ4v) is 3.75. The zero-order valence-corrected chi connectivity index (χ0v) is 11.7. The Morgan fingerprint density at radius 1 is 1.22 bits per heavy atom. The fraction of sp³-hybridized carbons (Fsp3) is 1.00. The van der Waals surface area contributed by atoms with Crippen LogP contribution >= 0.6 is 0 Å². The molecular weight excluding hydrogens is 238 g/mol. The molecule has 1 saturated heterocycles. The molecule has 2 nitrogen and oxygen atoms in total. The van der Waals surface area contributed by atoms with E-state index in [2.05, 4.69) is 0 Å². The molecule has 2 atom stereocenters. The summed E-state index contributed by atoms with van der Waals surface area (Å²) in [6.45, 7) is 7.59. The van der Waals surface area contributed by atoms with E-state index >= 15 is 0 Å². The van der Waals surface area contributed by atoms with Gasteiger partial charge in [-0.25, -0.2) is 8.78 Å². The molecule has 0 aromatic carbocycles. The van der Waals surface area contributed by atoms with Crippen molar-refractivity contribution in [3.05, 3.63) is 0 Å². The predicted molar refractivity (Wildman–Crippen MR) is 65.7 cm³/mol. The van der Waals surface area contributed by atoms with Crippen molar-refractivity contribution in [2.45, 2.75) is 82.5 Å². The molecule has 0 spiro atoms. The molecule has 1 N–H and O–H groups in total. The first-order chi connectivity index (χ1) is 7.95. The summed E-state index contributed by atoms with van der Waals surface area (Å²) in [6, 6.07) is 0. The second kappa shape index (κ2) is 3.89. The maximum absolute atomic E-state index is 13.2. The van der Waals surface area contributed by atoms with Gasteiger partial charge in [0, 0.05) is 19.3 Å². The van der Waals surface area contributed by atoms with Crippen molar-refractivity contribution in [3.8, 4) is 0 Å². The summed E-state index contributed by atoms with van der Waals surface area (Å²) >= 11 is 0.